The third-order valence-corrected chi connectivity index (χ3v) is 8.31. The van der Waals surface area contributed by atoms with Crippen LogP contribution in [0.5, 0.6) is 5.75 Å². The van der Waals surface area contributed by atoms with E-state index in [1.165, 1.54) is 0 Å². The minimum absolute atomic E-state index is 0.00715. The first-order valence-electron chi connectivity index (χ1n) is 9.11. The van der Waals surface area contributed by atoms with Crippen molar-refractivity contribution in [2.24, 2.45) is 11.8 Å². The summed E-state index contributed by atoms with van der Waals surface area (Å²) in [5.41, 5.74) is 0.808. The monoisotopic (exact) mass is 400 g/mol. The van der Waals surface area contributed by atoms with Crippen LogP contribution in [-0.2, 0) is 21.1 Å². The molecule has 0 unspecified atom stereocenters. The lowest BCUT2D eigenvalue weighted by Crippen LogP contribution is -2.35. The van der Waals surface area contributed by atoms with Gasteiger partial charge in [-0.1, -0.05) is 11.6 Å². The number of benzene rings is 1. The molecule has 0 saturated heterocycles. The molecule has 1 aromatic carbocycles. The first-order chi connectivity index (χ1) is 12.0. The van der Waals surface area contributed by atoms with Gasteiger partial charge < -0.3 is 4.74 Å². The average molecular weight is 401 g/mol. The van der Waals surface area contributed by atoms with Gasteiger partial charge in [0.1, 0.15) is 11.5 Å². The third kappa shape index (κ3) is 5.23. The molecule has 1 aromatic rings. The number of methoxy groups -OCH3 is 1. The fraction of sp³-hybridized carbons (Fsp3) is 0.650. The molecule has 146 valence electrons. The Morgan fingerprint density at radius 3 is 2.35 bits per heavy atom. The van der Waals surface area contributed by atoms with E-state index >= 15 is 0 Å². The van der Waals surface area contributed by atoms with Crippen molar-refractivity contribution in [1.29, 1.82) is 0 Å². The molecule has 1 aliphatic carbocycles. The van der Waals surface area contributed by atoms with Crippen LogP contribution in [-0.4, -0.2) is 31.8 Å². The summed E-state index contributed by atoms with van der Waals surface area (Å²) in [7, 11) is -1.53. The Bertz CT molecular complexity index is 742. The van der Waals surface area contributed by atoms with Crippen LogP contribution < -0.4 is 4.74 Å². The highest BCUT2D eigenvalue weighted by Gasteiger charge is 2.34. The molecule has 0 N–H and O–H groups in total. The summed E-state index contributed by atoms with van der Waals surface area (Å²) < 4.78 is 29.4. The number of ketones is 1. The first kappa shape index (κ1) is 21.2. The Morgan fingerprint density at radius 2 is 1.81 bits per heavy atom. The van der Waals surface area contributed by atoms with Gasteiger partial charge in [0, 0.05) is 22.9 Å². The van der Waals surface area contributed by atoms with Gasteiger partial charge in [-0.2, -0.15) is 0 Å². The molecule has 0 radical (unpaired) electrons. The van der Waals surface area contributed by atoms with Gasteiger partial charge in [0.25, 0.3) is 0 Å². The van der Waals surface area contributed by atoms with E-state index in [1.54, 1.807) is 46.1 Å². The van der Waals surface area contributed by atoms with Crippen LogP contribution in [0.1, 0.15) is 52.0 Å². The normalized spacial score (nSPS) is 21.4. The van der Waals surface area contributed by atoms with Crippen LogP contribution >= 0.6 is 11.6 Å². The molecule has 0 bridgehead atoms. The Labute approximate surface area is 162 Å². The Hall–Kier alpha value is -1.07. The van der Waals surface area contributed by atoms with Gasteiger partial charge in [-0.15, -0.1) is 0 Å². The number of Topliss-reactive ketones (excluding diaryl/α,β-unsaturated/α-hetero) is 1. The Kier molecular flexibility index (Phi) is 6.78. The van der Waals surface area contributed by atoms with Gasteiger partial charge >= 0.3 is 0 Å². The van der Waals surface area contributed by atoms with Crippen molar-refractivity contribution in [1.82, 2.24) is 0 Å². The number of sulfone groups is 1. The maximum atomic E-state index is 12.7. The summed E-state index contributed by atoms with van der Waals surface area (Å²) in [5, 5.41) is 0.588. The minimum atomic E-state index is -3.11. The van der Waals surface area contributed by atoms with Crippen molar-refractivity contribution in [3.8, 4) is 5.75 Å². The van der Waals surface area contributed by atoms with Gasteiger partial charge in [0.05, 0.1) is 17.6 Å². The second kappa shape index (κ2) is 8.30. The quantitative estimate of drug-likeness (QED) is 0.706. The first-order valence-corrected chi connectivity index (χ1v) is 11.1. The Balaban J connectivity index is 1.94. The third-order valence-electron chi connectivity index (χ3n) is 5.30. The summed E-state index contributed by atoms with van der Waals surface area (Å²) in [6.45, 7) is 5.24. The van der Waals surface area contributed by atoms with E-state index < -0.39 is 14.6 Å². The molecule has 6 heteroatoms. The van der Waals surface area contributed by atoms with Gasteiger partial charge in [-0.25, -0.2) is 8.42 Å². The maximum absolute atomic E-state index is 12.7. The number of hydrogen-bond donors (Lipinski definition) is 0. The van der Waals surface area contributed by atoms with E-state index in [-0.39, 0.29) is 23.4 Å². The number of halogens is 1. The zero-order chi connectivity index (χ0) is 19.5. The smallest absolute Gasteiger partial charge is 0.155 e. The molecule has 4 nitrogen and oxygen atoms in total. The van der Waals surface area contributed by atoms with E-state index in [0.29, 0.717) is 17.2 Å². The predicted octanol–water partition coefficient (Wildman–Crippen LogP) is 4.48. The number of carbonyl (C=O) groups is 1. The van der Waals surface area contributed by atoms with Gasteiger partial charge in [0.2, 0.25) is 0 Å². The van der Waals surface area contributed by atoms with Gasteiger partial charge in [0.15, 0.2) is 9.84 Å². The zero-order valence-electron chi connectivity index (χ0n) is 16.0. The van der Waals surface area contributed by atoms with E-state index in [9.17, 15) is 13.2 Å². The zero-order valence-corrected chi connectivity index (χ0v) is 17.6. The van der Waals surface area contributed by atoms with E-state index in [4.69, 9.17) is 16.3 Å². The van der Waals surface area contributed by atoms with Gasteiger partial charge in [-0.05, 0) is 70.6 Å². The number of rotatable bonds is 6. The van der Waals surface area contributed by atoms with Gasteiger partial charge in [-0.3, -0.25) is 4.79 Å². The molecular formula is C20H29ClO4S. The molecular weight excluding hydrogens is 372 g/mol. The fourth-order valence-corrected chi connectivity index (χ4v) is 5.08. The van der Waals surface area contributed by atoms with Crippen LogP contribution in [0.15, 0.2) is 18.2 Å². The molecule has 1 fully saturated rings. The van der Waals surface area contributed by atoms with Crippen molar-refractivity contribution < 1.29 is 17.9 Å². The topological polar surface area (TPSA) is 60.4 Å². The fourth-order valence-electron chi connectivity index (χ4n) is 3.43. The molecule has 0 aliphatic heterocycles. The van der Waals surface area contributed by atoms with Crippen LogP contribution in [0, 0.1) is 11.8 Å². The lowest BCUT2D eigenvalue weighted by Gasteiger charge is -2.30. The van der Waals surface area contributed by atoms with E-state index in [0.717, 1.165) is 31.2 Å². The molecule has 0 amide bonds. The molecule has 1 saturated carbocycles. The number of carbonyl (C=O) groups excluding carboxylic acids is 1. The predicted molar refractivity (Wildman–Crippen MR) is 106 cm³/mol. The standard InChI is InChI=1S/C20H29ClO4S/c1-20(2,3)26(23,24)13-14-5-7-15(8-6-14)18(22)12-16-11-17(21)9-10-19(16)25-4/h9-11,14-15H,5-8,12-13H2,1-4H3. The van der Waals surface area contributed by atoms with E-state index in [2.05, 4.69) is 0 Å². The van der Waals surface area contributed by atoms with E-state index in [1.807, 2.05) is 0 Å². The van der Waals surface area contributed by atoms with Crippen LogP contribution in [0.4, 0.5) is 0 Å². The van der Waals surface area contributed by atoms with Crippen LogP contribution in [0.25, 0.3) is 0 Å². The molecule has 0 atom stereocenters. The highest BCUT2D eigenvalue weighted by molar-refractivity contribution is 7.92. The highest BCUT2D eigenvalue weighted by atomic mass is 35.5. The molecule has 26 heavy (non-hydrogen) atoms. The van der Waals surface area contributed by atoms with Crippen molar-refractivity contribution in [2.45, 2.75) is 57.6 Å². The second-order valence-corrected chi connectivity index (χ2v) is 11.4. The summed E-state index contributed by atoms with van der Waals surface area (Å²) in [5.74, 6) is 1.23. The largest absolute Gasteiger partial charge is 0.496 e. The van der Waals surface area contributed by atoms with Crippen LogP contribution in [0.2, 0.25) is 5.02 Å². The SMILES string of the molecule is COc1ccc(Cl)cc1CC(=O)C1CCC(CS(=O)(=O)C(C)(C)C)CC1. The lowest BCUT2D eigenvalue weighted by atomic mass is 9.79. The van der Waals surface area contributed by atoms with Crippen molar-refractivity contribution in [2.75, 3.05) is 12.9 Å². The Morgan fingerprint density at radius 1 is 1.19 bits per heavy atom. The molecule has 2 rings (SSSR count). The van der Waals surface area contributed by atoms with Crippen molar-refractivity contribution in [3.63, 3.8) is 0 Å². The number of ether oxygens (including phenoxy) is 1. The van der Waals surface area contributed by atoms with Crippen molar-refractivity contribution in [3.05, 3.63) is 28.8 Å². The molecule has 1 aliphatic rings. The lowest BCUT2D eigenvalue weighted by molar-refractivity contribution is -0.123. The maximum Gasteiger partial charge on any atom is 0.155 e. The second-order valence-electron chi connectivity index (χ2n) is 8.21. The number of hydrogen-bond acceptors (Lipinski definition) is 4. The summed E-state index contributed by atoms with van der Waals surface area (Å²) >= 11 is 6.04. The highest BCUT2D eigenvalue weighted by Crippen LogP contribution is 2.33. The summed E-state index contributed by atoms with van der Waals surface area (Å²) in [4.78, 5) is 12.7. The molecule has 0 spiro atoms. The summed E-state index contributed by atoms with van der Waals surface area (Å²) in [6, 6.07) is 5.30. The molecule has 0 heterocycles. The van der Waals surface area contributed by atoms with Crippen LogP contribution in [0.3, 0.4) is 0 Å². The van der Waals surface area contributed by atoms with Crippen molar-refractivity contribution >= 4 is 27.2 Å². The summed E-state index contributed by atoms with van der Waals surface area (Å²) in [6.07, 6.45) is 3.40. The molecule has 0 aromatic heterocycles. The average Bonchev–Trinajstić information content (AvgIpc) is 2.54. The minimum Gasteiger partial charge on any atom is -0.496 e.